The molecular weight excluding hydrogens is 242 g/mol. The first-order valence-electron chi connectivity index (χ1n) is 6.68. The van der Waals surface area contributed by atoms with Crippen LogP contribution in [0.25, 0.3) is 0 Å². The fourth-order valence-electron chi connectivity index (χ4n) is 1.69. The van der Waals surface area contributed by atoms with E-state index in [1.807, 2.05) is 32.9 Å². The summed E-state index contributed by atoms with van der Waals surface area (Å²) in [4.78, 5) is 6.57. The lowest BCUT2D eigenvalue weighted by atomic mass is 10.2. The van der Waals surface area contributed by atoms with E-state index in [4.69, 9.17) is 15.6 Å². The monoisotopic (exact) mass is 267 g/mol. The van der Waals surface area contributed by atoms with Gasteiger partial charge in [-0.1, -0.05) is 0 Å². The zero-order chi connectivity index (χ0) is 14.5. The Hall–Kier alpha value is -1.49. The Balaban J connectivity index is 2.93. The fraction of sp³-hybridized carbons (Fsp3) is 0.643. The molecule has 0 amide bonds. The van der Waals surface area contributed by atoms with Crippen molar-refractivity contribution in [3.05, 3.63) is 12.1 Å². The van der Waals surface area contributed by atoms with Gasteiger partial charge in [-0.05, 0) is 46.2 Å². The van der Waals surface area contributed by atoms with Crippen LogP contribution in [0.15, 0.2) is 12.1 Å². The lowest BCUT2D eigenvalue weighted by Crippen LogP contribution is -2.27. The Kier molecular flexibility index (Phi) is 5.42. The van der Waals surface area contributed by atoms with Gasteiger partial charge in [-0.15, -0.1) is 0 Å². The number of rotatable bonds is 6. The quantitative estimate of drug-likeness (QED) is 0.825. The first-order chi connectivity index (χ1) is 8.87. The van der Waals surface area contributed by atoms with Crippen LogP contribution in [0, 0.1) is 0 Å². The summed E-state index contributed by atoms with van der Waals surface area (Å²) in [6.07, 6.45) is 0.718. The zero-order valence-corrected chi connectivity index (χ0v) is 12.3. The Morgan fingerprint density at radius 3 is 2.58 bits per heavy atom. The first-order valence-corrected chi connectivity index (χ1v) is 6.68. The van der Waals surface area contributed by atoms with Gasteiger partial charge in [0, 0.05) is 19.7 Å². The van der Waals surface area contributed by atoms with Crippen molar-refractivity contribution in [3.63, 3.8) is 0 Å². The maximum atomic E-state index is 8.92. The molecule has 0 bridgehead atoms. The summed E-state index contributed by atoms with van der Waals surface area (Å²) < 4.78 is 5.76. The predicted octanol–water partition coefficient (Wildman–Crippen LogP) is 2.05. The van der Waals surface area contributed by atoms with E-state index >= 15 is 0 Å². The molecule has 1 rings (SSSR count). The normalized spacial score (nSPS) is 11.4. The van der Waals surface area contributed by atoms with Gasteiger partial charge in [-0.25, -0.2) is 0 Å². The fourth-order valence-corrected chi connectivity index (χ4v) is 1.69. The van der Waals surface area contributed by atoms with Crippen molar-refractivity contribution in [2.75, 3.05) is 30.3 Å². The number of nitrogen functional groups attached to an aromatic ring is 1. The Morgan fingerprint density at radius 2 is 2.05 bits per heavy atom. The van der Waals surface area contributed by atoms with E-state index in [1.165, 1.54) is 0 Å². The van der Waals surface area contributed by atoms with Gasteiger partial charge in [-0.3, -0.25) is 0 Å². The highest BCUT2D eigenvalue weighted by Gasteiger charge is 2.16. The van der Waals surface area contributed by atoms with Crippen LogP contribution in [-0.2, 0) is 0 Å². The lowest BCUT2D eigenvalue weighted by Gasteiger charge is -2.25. The van der Waals surface area contributed by atoms with E-state index in [0.29, 0.717) is 11.6 Å². The molecule has 0 aliphatic heterocycles. The molecule has 1 heterocycles. The molecule has 0 aromatic carbocycles. The first kappa shape index (κ1) is 15.6. The Morgan fingerprint density at radius 1 is 1.37 bits per heavy atom. The average molecular weight is 267 g/mol. The molecule has 5 nitrogen and oxygen atoms in total. The van der Waals surface area contributed by atoms with Crippen LogP contribution in [0.4, 0.5) is 11.5 Å². The summed E-state index contributed by atoms with van der Waals surface area (Å²) >= 11 is 0. The maximum absolute atomic E-state index is 8.92. The summed E-state index contributed by atoms with van der Waals surface area (Å²) in [5.41, 5.74) is 6.10. The highest BCUT2D eigenvalue weighted by Crippen LogP contribution is 2.26. The van der Waals surface area contributed by atoms with Crippen LogP contribution in [-0.4, -0.2) is 35.4 Å². The van der Waals surface area contributed by atoms with E-state index in [-0.39, 0.29) is 12.2 Å². The number of hydrogen-bond acceptors (Lipinski definition) is 5. The molecule has 0 saturated carbocycles. The summed E-state index contributed by atoms with van der Waals surface area (Å²) in [6.45, 7) is 9.71. The predicted molar refractivity (Wildman–Crippen MR) is 78.6 cm³/mol. The molecular formula is C14H25N3O2. The number of aliphatic hydroxyl groups excluding tert-OH is 1. The molecule has 1 aromatic rings. The van der Waals surface area contributed by atoms with Gasteiger partial charge in [-0.2, -0.15) is 4.98 Å². The van der Waals surface area contributed by atoms with Gasteiger partial charge in [0.15, 0.2) is 0 Å². The highest BCUT2D eigenvalue weighted by atomic mass is 16.5. The number of ether oxygens (including phenoxy) is 1. The third-order valence-electron chi connectivity index (χ3n) is 2.57. The van der Waals surface area contributed by atoms with Gasteiger partial charge >= 0.3 is 0 Å². The second-order valence-electron chi connectivity index (χ2n) is 5.44. The zero-order valence-electron chi connectivity index (χ0n) is 12.3. The minimum absolute atomic E-state index is 0.177. The number of aromatic nitrogens is 1. The van der Waals surface area contributed by atoms with Crippen molar-refractivity contribution >= 4 is 11.5 Å². The number of pyridine rings is 1. The molecule has 0 unspecified atom stereocenters. The van der Waals surface area contributed by atoms with Crippen molar-refractivity contribution in [1.29, 1.82) is 0 Å². The number of nitrogens with two attached hydrogens (primary N) is 1. The van der Waals surface area contributed by atoms with Gasteiger partial charge in [0.1, 0.15) is 11.4 Å². The standard InChI is InChI=1S/C14H25N3O2/c1-5-17(9-6-10-18)12-8-7-11(15)13(16-12)19-14(2,3)4/h7-8,18H,5-6,9-10,15H2,1-4H3. The number of nitrogens with zero attached hydrogens (tertiary/aromatic N) is 2. The van der Waals surface area contributed by atoms with Crippen LogP contribution in [0.5, 0.6) is 5.88 Å². The third-order valence-corrected chi connectivity index (χ3v) is 2.57. The number of aliphatic hydroxyl groups is 1. The van der Waals surface area contributed by atoms with Gasteiger partial charge < -0.3 is 20.5 Å². The van der Waals surface area contributed by atoms with Gasteiger partial charge in [0.25, 0.3) is 0 Å². The van der Waals surface area contributed by atoms with E-state index in [9.17, 15) is 0 Å². The minimum atomic E-state index is -0.331. The highest BCUT2D eigenvalue weighted by molar-refractivity contribution is 5.54. The van der Waals surface area contributed by atoms with E-state index in [2.05, 4.69) is 16.8 Å². The molecule has 0 fully saturated rings. The lowest BCUT2D eigenvalue weighted by molar-refractivity contribution is 0.125. The summed E-state index contributed by atoms with van der Waals surface area (Å²) in [6, 6.07) is 3.69. The second kappa shape index (κ2) is 6.61. The molecule has 5 heteroatoms. The van der Waals surface area contributed by atoms with Crippen LogP contribution < -0.4 is 15.4 Å². The molecule has 0 aliphatic rings. The molecule has 0 spiro atoms. The number of anilines is 2. The number of hydrogen-bond donors (Lipinski definition) is 2. The average Bonchev–Trinajstić information content (AvgIpc) is 2.32. The topological polar surface area (TPSA) is 71.6 Å². The third kappa shape index (κ3) is 4.95. The summed E-state index contributed by atoms with van der Waals surface area (Å²) in [5.74, 6) is 1.29. The SMILES string of the molecule is CCN(CCCO)c1ccc(N)c(OC(C)(C)C)n1. The van der Waals surface area contributed by atoms with Crippen LogP contribution in [0.3, 0.4) is 0 Å². The van der Waals surface area contributed by atoms with Crippen LogP contribution >= 0.6 is 0 Å². The van der Waals surface area contributed by atoms with E-state index in [1.54, 1.807) is 0 Å². The van der Waals surface area contributed by atoms with Crippen molar-refractivity contribution in [3.8, 4) is 5.88 Å². The summed E-state index contributed by atoms with van der Waals surface area (Å²) in [7, 11) is 0. The Labute approximate surface area is 115 Å². The minimum Gasteiger partial charge on any atom is -0.470 e. The molecule has 0 saturated heterocycles. The molecule has 0 radical (unpaired) electrons. The molecule has 0 aliphatic carbocycles. The van der Waals surface area contributed by atoms with Crippen LogP contribution in [0.1, 0.15) is 34.1 Å². The largest absolute Gasteiger partial charge is 0.470 e. The van der Waals surface area contributed by atoms with Crippen molar-refractivity contribution in [2.24, 2.45) is 0 Å². The molecule has 3 N–H and O–H groups in total. The maximum Gasteiger partial charge on any atom is 0.239 e. The molecule has 0 atom stereocenters. The molecule has 19 heavy (non-hydrogen) atoms. The van der Waals surface area contributed by atoms with Crippen molar-refractivity contribution in [2.45, 2.75) is 39.7 Å². The van der Waals surface area contributed by atoms with Crippen LogP contribution in [0.2, 0.25) is 0 Å². The Bertz CT molecular complexity index is 402. The van der Waals surface area contributed by atoms with Crippen molar-refractivity contribution in [1.82, 2.24) is 4.98 Å². The second-order valence-corrected chi connectivity index (χ2v) is 5.44. The summed E-state index contributed by atoms with van der Waals surface area (Å²) in [5, 5.41) is 8.92. The van der Waals surface area contributed by atoms with Crippen molar-refractivity contribution < 1.29 is 9.84 Å². The van der Waals surface area contributed by atoms with Gasteiger partial charge in [0.05, 0.1) is 5.69 Å². The molecule has 108 valence electrons. The van der Waals surface area contributed by atoms with Gasteiger partial charge in [0.2, 0.25) is 5.88 Å². The molecule has 1 aromatic heterocycles. The van der Waals surface area contributed by atoms with E-state index in [0.717, 1.165) is 25.3 Å². The van der Waals surface area contributed by atoms with E-state index < -0.39 is 0 Å². The smallest absolute Gasteiger partial charge is 0.239 e.